The second kappa shape index (κ2) is 2.43. The molecule has 3 aliphatic carbocycles. The largest absolute Gasteiger partial charge is 0.299 e. The van der Waals surface area contributed by atoms with Gasteiger partial charge in [-0.15, -0.1) is 0 Å². The quantitative estimate of drug-likeness (QED) is 0.545. The van der Waals surface area contributed by atoms with E-state index in [-0.39, 0.29) is 41.3 Å². The monoisotopic (exact) mass is 193 g/mol. The van der Waals surface area contributed by atoms with Crippen molar-refractivity contribution in [1.82, 2.24) is 5.32 Å². The molecule has 0 aromatic rings. The van der Waals surface area contributed by atoms with E-state index in [2.05, 4.69) is 5.32 Å². The number of hydrogen-bond donors (Lipinski definition) is 1. The van der Waals surface area contributed by atoms with Crippen LogP contribution in [-0.2, 0) is 14.4 Å². The minimum Gasteiger partial charge on any atom is -0.299 e. The van der Waals surface area contributed by atoms with Gasteiger partial charge in [0.15, 0.2) is 0 Å². The number of carbonyl (C=O) groups excluding carboxylic acids is 3. The third kappa shape index (κ3) is 0.811. The molecule has 14 heavy (non-hydrogen) atoms. The Morgan fingerprint density at radius 1 is 1.00 bits per heavy atom. The van der Waals surface area contributed by atoms with E-state index in [1.807, 2.05) is 0 Å². The number of fused-ring (bicyclic) bond motifs is 2. The molecule has 1 saturated heterocycles. The molecule has 0 radical (unpaired) electrons. The summed E-state index contributed by atoms with van der Waals surface area (Å²) in [6, 6.07) is 0. The summed E-state index contributed by atoms with van der Waals surface area (Å²) in [5, 5.41) is 2.35. The number of rotatable bonds is 0. The third-order valence-corrected chi connectivity index (χ3v) is 3.91. The number of hydrogen-bond acceptors (Lipinski definition) is 3. The average Bonchev–Trinajstić information content (AvgIpc) is 2.45. The molecule has 2 amide bonds. The van der Waals surface area contributed by atoms with Crippen molar-refractivity contribution in [3.05, 3.63) is 0 Å². The Bertz CT molecular complexity index is 349. The van der Waals surface area contributed by atoms with Gasteiger partial charge in [-0.3, -0.25) is 19.7 Å². The molecular weight excluding hydrogens is 182 g/mol. The maximum atomic E-state index is 11.6. The van der Waals surface area contributed by atoms with Gasteiger partial charge in [-0.1, -0.05) is 0 Å². The summed E-state index contributed by atoms with van der Waals surface area (Å²) >= 11 is 0. The zero-order chi connectivity index (χ0) is 9.87. The molecule has 0 spiro atoms. The lowest BCUT2D eigenvalue weighted by Crippen LogP contribution is -2.46. The molecule has 3 saturated carbocycles. The molecule has 2 bridgehead atoms. The summed E-state index contributed by atoms with van der Waals surface area (Å²) in [5.41, 5.74) is 0. The minimum absolute atomic E-state index is 0.129. The van der Waals surface area contributed by atoms with E-state index in [1.165, 1.54) is 0 Å². The van der Waals surface area contributed by atoms with E-state index in [1.54, 1.807) is 0 Å². The van der Waals surface area contributed by atoms with Crippen molar-refractivity contribution in [2.75, 3.05) is 0 Å². The number of imide groups is 1. The summed E-state index contributed by atoms with van der Waals surface area (Å²) in [4.78, 5) is 34.5. The first kappa shape index (κ1) is 8.15. The molecule has 0 unspecified atom stereocenters. The molecule has 4 nitrogen and oxygen atoms in total. The van der Waals surface area contributed by atoms with Gasteiger partial charge >= 0.3 is 0 Å². The van der Waals surface area contributed by atoms with Crippen molar-refractivity contribution in [1.29, 1.82) is 0 Å². The Balaban J connectivity index is 2.04. The molecule has 1 heterocycles. The van der Waals surface area contributed by atoms with Crippen LogP contribution in [0.3, 0.4) is 0 Å². The van der Waals surface area contributed by atoms with E-state index in [0.717, 1.165) is 12.8 Å². The van der Waals surface area contributed by atoms with E-state index in [9.17, 15) is 14.4 Å². The smallest absolute Gasteiger partial charge is 0.231 e. The number of carbonyl (C=O) groups is 3. The van der Waals surface area contributed by atoms with E-state index in [4.69, 9.17) is 0 Å². The van der Waals surface area contributed by atoms with Crippen LogP contribution in [0, 0.1) is 23.7 Å². The van der Waals surface area contributed by atoms with Crippen LogP contribution in [0.15, 0.2) is 0 Å². The van der Waals surface area contributed by atoms with Crippen LogP contribution in [0.1, 0.15) is 19.3 Å². The Hall–Kier alpha value is -1.19. The molecule has 4 aliphatic rings. The topological polar surface area (TPSA) is 63.2 Å². The Morgan fingerprint density at radius 3 is 2.43 bits per heavy atom. The lowest BCUT2D eigenvalue weighted by molar-refractivity contribution is -0.143. The zero-order valence-electron chi connectivity index (χ0n) is 7.66. The standard InChI is InChI=1S/C10H11NO3/c12-6-3-4-1-2-5(6)8-7(4)9(13)11-10(8)14/h4-5,7-8H,1-3H2,(H,11,13,14)/t4-,5+,7+,8-/m0/s1. The van der Waals surface area contributed by atoms with Gasteiger partial charge in [-0.05, 0) is 18.8 Å². The molecule has 0 aromatic heterocycles. The predicted octanol–water partition coefficient (Wildman–Crippen LogP) is -0.126. The van der Waals surface area contributed by atoms with Gasteiger partial charge in [0.25, 0.3) is 0 Å². The van der Waals surface area contributed by atoms with Crippen LogP contribution >= 0.6 is 0 Å². The fourth-order valence-corrected chi connectivity index (χ4v) is 3.31. The van der Waals surface area contributed by atoms with Crippen molar-refractivity contribution in [2.24, 2.45) is 23.7 Å². The summed E-state index contributed by atoms with van der Waals surface area (Å²) in [6.07, 6.45) is 2.23. The highest BCUT2D eigenvalue weighted by Gasteiger charge is 2.57. The van der Waals surface area contributed by atoms with Crippen molar-refractivity contribution in [3.8, 4) is 0 Å². The minimum atomic E-state index is -0.331. The Labute approximate surface area is 81.0 Å². The van der Waals surface area contributed by atoms with Gasteiger partial charge < -0.3 is 0 Å². The zero-order valence-corrected chi connectivity index (χ0v) is 7.66. The maximum Gasteiger partial charge on any atom is 0.231 e. The lowest BCUT2D eigenvalue weighted by atomic mass is 9.59. The number of Topliss-reactive ketones (excluding diaryl/α,β-unsaturated/α-hetero) is 1. The van der Waals surface area contributed by atoms with Crippen LogP contribution in [0.4, 0.5) is 0 Å². The highest BCUT2D eigenvalue weighted by atomic mass is 16.2. The highest BCUT2D eigenvalue weighted by Crippen LogP contribution is 2.49. The van der Waals surface area contributed by atoms with Crippen molar-refractivity contribution in [3.63, 3.8) is 0 Å². The fraction of sp³-hybridized carbons (Fsp3) is 0.700. The lowest BCUT2D eigenvalue weighted by Gasteiger charge is -2.41. The van der Waals surface area contributed by atoms with Gasteiger partial charge in [0.1, 0.15) is 5.78 Å². The van der Waals surface area contributed by atoms with Gasteiger partial charge in [0, 0.05) is 12.3 Å². The molecule has 4 atom stereocenters. The second-order valence-electron chi connectivity index (χ2n) is 4.52. The maximum absolute atomic E-state index is 11.6. The predicted molar refractivity (Wildman–Crippen MR) is 46.0 cm³/mol. The first-order valence-electron chi connectivity index (χ1n) is 5.06. The highest BCUT2D eigenvalue weighted by molar-refractivity contribution is 6.08. The fourth-order valence-electron chi connectivity index (χ4n) is 3.31. The second-order valence-corrected chi connectivity index (χ2v) is 4.52. The van der Waals surface area contributed by atoms with Gasteiger partial charge in [-0.25, -0.2) is 0 Å². The summed E-state index contributed by atoms with van der Waals surface area (Å²) in [5.74, 6) is -0.751. The molecule has 4 rings (SSSR count). The van der Waals surface area contributed by atoms with Crippen molar-refractivity contribution in [2.45, 2.75) is 19.3 Å². The molecule has 0 aromatic carbocycles. The molecular formula is C10H11NO3. The summed E-state index contributed by atoms with van der Waals surface area (Å²) < 4.78 is 0. The average molecular weight is 193 g/mol. The van der Waals surface area contributed by atoms with Crippen LogP contribution in [0.2, 0.25) is 0 Å². The van der Waals surface area contributed by atoms with Crippen LogP contribution in [0.25, 0.3) is 0 Å². The summed E-state index contributed by atoms with van der Waals surface area (Å²) in [7, 11) is 0. The van der Waals surface area contributed by atoms with Gasteiger partial charge in [-0.2, -0.15) is 0 Å². The van der Waals surface area contributed by atoms with Crippen molar-refractivity contribution < 1.29 is 14.4 Å². The number of ketones is 1. The van der Waals surface area contributed by atoms with Crippen molar-refractivity contribution >= 4 is 17.6 Å². The normalized spacial score (nSPS) is 45.3. The molecule has 4 heteroatoms. The molecule has 4 fully saturated rings. The van der Waals surface area contributed by atoms with E-state index in [0.29, 0.717) is 6.42 Å². The number of nitrogens with one attached hydrogen (secondary N) is 1. The van der Waals surface area contributed by atoms with E-state index < -0.39 is 0 Å². The Kier molecular flexibility index (Phi) is 1.42. The molecule has 1 N–H and O–H groups in total. The third-order valence-electron chi connectivity index (χ3n) is 3.91. The van der Waals surface area contributed by atoms with Gasteiger partial charge in [0.2, 0.25) is 11.8 Å². The SMILES string of the molecule is O=C1NC(=O)[C@@H]2[C@H]1[C@H]1CC[C@@H]2C(=O)C1. The van der Waals surface area contributed by atoms with Crippen LogP contribution in [-0.4, -0.2) is 17.6 Å². The van der Waals surface area contributed by atoms with E-state index >= 15 is 0 Å². The molecule has 74 valence electrons. The first-order valence-corrected chi connectivity index (χ1v) is 5.06. The molecule has 1 aliphatic heterocycles. The first-order chi connectivity index (χ1) is 6.68. The van der Waals surface area contributed by atoms with Crippen LogP contribution in [0.5, 0.6) is 0 Å². The summed E-state index contributed by atoms with van der Waals surface area (Å²) in [6.45, 7) is 0. The van der Waals surface area contributed by atoms with Gasteiger partial charge in [0.05, 0.1) is 11.8 Å². The van der Waals surface area contributed by atoms with Crippen LogP contribution < -0.4 is 5.32 Å². The number of amides is 2. The Morgan fingerprint density at radius 2 is 1.71 bits per heavy atom.